The fourth-order valence-electron chi connectivity index (χ4n) is 2.50. The first-order valence-electron chi connectivity index (χ1n) is 8.91. The van der Waals surface area contributed by atoms with E-state index in [0.717, 1.165) is 5.56 Å². The Kier molecular flexibility index (Phi) is 6.85. The standard InChI is InChI=1S/C19H23N5O4S2/c1-23(2)30(25,26)17-9-4-6-14(10-17)13-29-19-22-21-18(24(19)20)12-28-16-8-5-7-15(11-16)27-3/h4-11H,12-13,20H2,1-3H3. The molecule has 30 heavy (non-hydrogen) atoms. The Balaban J connectivity index is 1.64. The SMILES string of the molecule is COc1cccc(OCc2nnc(SCc3cccc(S(=O)(=O)N(C)C)c3)n2N)c1. The molecule has 0 aliphatic carbocycles. The molecule has 3 aromatic rings. The van der Waals surface area contributed by atoms with E-state index in [4.69, 9.17) is 15.3 Å². The van der Waals surface area contributed by atoms with E-state index >= 15 is 0 Å². The molecule has 0 atom stereocenters. The van der Waals surface area contributed by atoms with Crippen LogP contribution >= 0.6 is 11.8 Å². The van der Waals surface area contributed by atoms with Crippen LogP contribution in [0.5, 0.6) is 11.5 Å². The minimum atomic E-state index is -3.48. The molecule has 0 amide bonds. The predicted molar refractivity (Wildman–Crippen MR) is 114 cm³/mol. The predicted octanol–water partition coefficient (Wildman–Crippen LogP) is 2.12. The van der Waals surface area contributed by atoms with Gasteiger partial charge in [-0.25, -0.2) is 17.4 Å². The fourth-order valence-corrected chi connectivity index (χ4v) is 4.29. The smallest absolute Gasteiger partial charge is 0.242 e. The van der Waals surface area contributed by atoms with Gasteiger partial charge >= 0.3 is 0 Å². The molecule has 11 heteroatoms. The molecular formula is C19H23N5O4S2. The van der Waals surface area contributed by atoms with E-state index in [2.05, 4.69) is 10.2 Å². The summed E-state index contributed by atoms with van der Waals surface area (Å²) in [5, 5.41) is 8.67. The lowest BCUT2D eigenvalue weighted by Crippen LogP contribution is -2.22. The van der Waals surface area contributed by atoms with Crippen LogP contribution in [-0.4, -0.2) is 48.8 Å². The first-order valence-corrected chi connectivity index (χ1v) is 11.3. The molecule has 0 fully saturated rings. The number of sulfonamides is 1. The number of nitrogens with two attached hydrogens (primary N) is 1. The van der Waals surface area contributed by atoms with Crippen LogP contribution < -0.4 is 15.3 Å². The number of benzene rings is 2. The largest absolute Gasteiger partial charge is 0.497 e. The van der Waals surface area contributed by atoms with Crippen molar-refractivity contribution in [3.05, 3.63) is 59.9 Å². The molecule has 2 aromatic carbocycles. The van der Waals surface area contributed by atoms with Gasteiger partial charge in [-0.3, -0.25) is 0 Å². The molecule has 9 nitrogen and oxygen atoms in total. The number of rotatable bonds is 9. The van der Waals surface area contributed by atoms with Crippen LogP contribution in [0.1, 0.15) is 11.4 Å². The summed E-state index contributed by atoms with van der Waals surface area (Å²) < 4.78 is 38.0. The van der Waals surface area contributed by atoms with Gasteiger partial charge in [0.2, 0.25) is 15.2 Å². The summed E-state index contributed by atoms with van der Waals surface area (Å²) in [5.74, 6) is 8.36. The summed E-state index contributed by atoms with van der Waals surface area (Å²) in [7, 11) is 1.11. The number of nitrogen functional groups attached to an aromatic ring is 1. The lowest BCUT2D eigenvalue weighted by molar-refractivity contribution is 0.289. The molecule has 0 saturated heterocycles. The van der Waals surface area contributed by atoms with E-state index < -0.39 is 10.0 Å². The average Bonchev–Trinajstić information content (AvgIpc) is 3.10. The topological polar surface area (TPSA) is 113 Å². The number of thioether (sulfide) groups is 1. The van der Waals surface area contributed by atoms with Gasteiger partial charge in [0.25, 0.3) is 0 Å². The van der Waals surface area contributed by atoms with Crippen molar-refractivity contribution in [3.63, 3.8) is 0 Å². The molecule has 0 unspecified atom stereocenters. The molecule has 1 aromatic heterocycles. The van der Waals surface area contributed by atoms with Crippen LogP contribution in [0, 0.1) is 0 Å². The Morgan fingerprint density at radius 2 is 1.83 bits per heavy atom. The zero-order valence-corrected chi connectivity index (χ0v) is 18.5. The summed E-state index contributed by atoms with van der Waals surface area (Å²) in [6.07, 6.45) is 0. The van der Waals surface area contributed by atoms with Gasteiger partial charge in [-0.2, -0.15) is 0 Å². The van der Waals surface area contributed by atoms with Gasteiger partial charge in [-0.15, -0.1) is 10.2 Å². The van der Waals surface area contributed by atoms with Crippen molar-refractivity contribution in [1.82, 2.24) is 19.2 Å². The molecule has 1 heterocycles. The zero-order valence-electron chi connectivity index (χ0n) is 16.8. The highest BCUT2D eigenvalue weighted by molar-refractivity contribution is 7.98. The minimum absolute atomic E-state index is 0.147. The van der Waals surface area contributed by atoms with E-state index in [1.807, 2.05) is 24.3 Å². The van der Waals surface area contributed by atoms with Crippen LogP contribution in [0.3, 0.4) is 0 Å². The van der Waals surface area contributed by atoms with Gasteiger partial charge in [0, 0.05) is 25.9 Å². The maximum absolute atomic E-state index is 12.3. The number of nitrogens with zero attached hydrogens (tertiary/aromatic N) is 4. The zero-order chi connectivity index (χ0) is 21.7. The third kappa shape index (κ3) is 5.04. The molecular weight excluding hydrogens is 426 g/mol. The molecule has 0 aliphatic heterocycles. The molecule has 160 valence electrons. The van der Waals surface area contributed by atoms with Crippen molar-refractivity contribution in [3.8, 4) is 11.5 Å². The highest BCUT2D eigenvalue weighted by Gasteiger charge is 2.17. The normalized spacial score (nSPS) is 11.6. The summed E-state index contributed by atoms with van der Waals surface area (Å²) in [5.41, 5.74) is 0.833. The molecule has 0 radical (unpaired) electrons. The maximum Gasteiger partial charge on any atom is 0.242 e. The fraction of sp³-hybridized carbons (Fsp3) is 0.263. The van der Waals surface area contributed by atoms with E-state index in [0.29, 0.717) is 28.2 Å². The Hall–Kier alpha value is -2.76. The number of hydrogen-bond donors (Lipinski definition) is 1. The van der Waals surface area contributed by atoms with Gasteiger partial charge in [-0.05, 0) is 29.8 Å². The minimum Gasteiger partial charge on any atom is -0.497 e. The van der Waals surface area contributed by atoms with Crippen molar-refractivity contribution in [1.29, 1.82) is 0 Å². The molecule has 0 aliphatic rings. The Labute approximate surface area is 179 Å². The third-order valence-electron chi connectivity index (χ3n) is 4.19. The van der Waals surface area contributed by atoms with Crippen molar-refractivity contribution >= 4 is 21.8 Å². The Bertz CT molecular complexity index is 1120. The van der Waals surface area contributed by atoms with E-state index in [-0.39, 0.29) is 11.5 Å². The lowest BCUT2D eigenvalue weighted by atomic mass is 10.2. The first kappa shape index (κ1) is 21.9. The second kappa shape index (κ2) is 9.37. The van der Waals surface area contributed by atoms with Crippen LogP contribution in [0.2, 0.25) is 0 Å². The first-order chi connectivity index (χ1) is 14.3. The second-order valence-corrected chi connectivity index (χ2v) is 9.55. The molecule has 2 N–H and O–H groups in total. The quantitative estimate of drug-likeness (QED) is 0.390. The molecule has 3 rings (SSSR count). The Morgan fingerprint density at radius 3 is 2.57 bits per heavy atom. The average molecular weight is 450 g/mol. The van der Waals surface area contributed by atoms with Crippen LogP contribution in [0.25, 0.3) is 0 Å². The maximum atomic E-state index is 12.3. The van der Waals surface area contributed by atoms with Crippen LogP contribution in [-0.2, 0) is 22.4 Å². The van der Waals surface area contributed by atoms with Crippen LogP contribution in [0.4, 0.5) is 0 Å². The summed E-state index contributed by atoms with van der Waals surface area (Å²) in [4.78, 5) is 0.243. The van der Waals surface area contributed by atoms with E-state index in [1.54, 1.807) is 31.4 Å². The van der Waals surface area contributed by atoms with Crippen molar-refractivity contribution in [2.24, 2.45) is 0 Å². The number of aromatic nitrogens is 3. The van der Waals surface area contributed by atoms with Crippen LogP contribution in [0.15, 0.2) is 58.6 Å². The third-order valence-corrected chi connectivity index (χ3v) is 7.01. The monoisotopic (exact) mass is 449 g/mol. The summed E-state index contributed by atoms with van der Waals surface area (Å²) in [6.45, 7) is 0.147. The number of hydrogen-bond acceptors (Lipinski definition) is 8. The highest BCUT2D eigenvalue weighted by Crippen LogP contribution is 2.24. The van der Waals surface area contributed by atoms with E-state index in [1.165, 1.54) is 34.8 Å². The summed E-state index contributed by atoms with van der Waals surface area (Å²) >= 11 is 1.36. The van der Waals surface area contributed by atoms with Gasteiger partial charge < -0.3 is 15.3 Å². The Morgan fingerprint density at radius 1 is 1.10 bits per heavy atom. The molecule has 0 saturated carbocycles. The van der Waals surface area contributed by atoms with Gasteiger partial charge in [-0.1, -0.05) is 30.0 Å². The molecule has 0 spiro atoms. The lowest BCUT2D eigenvalue weighted by Gasteiger charge is -2.12. The van der Waals surface area contributed by atoms with Crippen molar-refractivity contribution in [2.45, 2.75) is 22.4 Å². The number of ether oxygens (including phenoxy) is 2. The van der Waals surface area contributed by atoms with Gasteiger partial charge in [0.05, 0.1) is 12.0 Å². The van der Waals surface area contributed by atoms with Crippen molar-refractivity contribution in [2.75, 3.05) is 27.0 Å². The van der Waals surface area contributed by atoms with E-state index in [9.17, 15) is 8.42 Å². The number of methoxy groups -OCH3 is 1. The van der Waals surface area contributed by atoms with Gasteiger partial charge in [0.15, 0.2) is 5.82 Å². The van der Waals surface area contributed by atoms with Gasteiger partial charge in [0.1, 0.15) is 18.1 Å². The second-order valence-electron chi connectivity index (χ2n) is 6.46. The highest BCUT2D eigenvalue weighted by atomic mass is 32.2. The summed E-state index contributed by atoms with van der Waals surface area (Å²) in [6, 6.07) is 14.0. The molecule has 0 bridgehead atoms. The van der Waals surface area contributed by atoms with Crippen molar-refractivity contribution < 1.29 is 17.9 Å².